The van der Waals surface area contributed by atoms with Gasteiger partial charge in [0.25, 0.3) is 0 Å². The Morgan fingerprint density at radius 1 is 1.68 bits per heavy atom. The van der Waals surface area contributed by atoms with Crippen molar-refractivity contribution in [2.75, 3.05) is 13.2 Å². The molecule has 19 heavy (non-hydrogen) atoms. The largest absolute Gasteiger partial charge is 0.381 e. The van der Waals surface area contributed by atoms with E-state index in [4.69, 9.17) is 10.5 Å². The smallest absolute Gasteiger partial charge is 0.304 e. The molecule has 6 nitrogen and oxygen atoms in total. The number of H-pyrrole nitrogens is 1. The van der Waals surface area contributed by atoms with Crippen LogP contribution in [-0.2, 0) is 11.3 Å². The Balaban J connectivity index is 1.79. The van der Waals surface area contributed by atoms with Crippen LogP contribution in [0.1, 0.15) is 23.9 Å². The van der Waals surface area contributed by atoms with E-state index in [2.05, 4.69) is 9.97 Å². The number of nitrogens with zero attached hydrogens (tertiary/aromatic N) is 2. The predicted molar refractivity (Wildman–Crippen MR) is 72.1 cm³/mol. The molecule has 0 spiro atoms. The van der Waals surface area contributed by atoms with Crippen LogP contribution in [-0.4, -0.2) is 27.7 Å². The first-order valence-corrected chi connectivity index (χ1v) is 7.12. The number of aromatic nitrogens is 3. The first kappa shape index (κ1) is 12.6. The minimum atomic E-state index is -0.0737. The molecule has 0 aliphatic carbocycles. The van der Waals surface area contributed by atoms with Gasteiger partial charge in [0.2, 0.25) is 0 Å². The van der Waals surface area contributed by atoms with Crippen LogP contribution < -0.4 is 10.6 Å². The first-order valence-electron chi connectivity index (χ1n) is 6.24. The highest BCUT2D eigenvalue weighted by molar-refractivity contribution is 7.07. The highest BCUT2D eigenvalue weighted by atomic mass is 32.1. The van der Waals surface area contributed by atoms with Crippen LogP contribution in [0.5, 0.6) is 0 Å². The van der Waals surface area contributed by atoms with E-state index in [9.17, 15) is 4.79 Å². The molecule has 2 aromatic heterocycles. The van der Waals surface area contributed by atoms with Gasteiger partial charge < -0.3 is 20.0 Å². The van der Waals surface area contributed by atoms with Crippen LogP contribution in [0.25, 0.3) is 0 Å². The summed E-state index contributed by atoms with van der Waals surface area (Å²) >= 11 is 1.17. The number of imidazole rings is 1. The highest BCUT2D eigenvalue weighted by Crippen LogP contribution is 2.26. The van der Waals surface area contributed by atoms with Gasteiger partial charge >= 0.3 is 4.87 Å². The molecule has 0 bridgehead atoms. The van der Waals surface area contributed by atoms with Crippen molar-refractivity contribution in [3.05, 3.63) is 39.0 Å². The van der Waals surface area contributed by atoms with Crippen LogP contribution in [0.15, 0.2) is 22.7 Å². The number of thiazole rings is 1. The van der Waals surface area contributed by atoms with E-state index in [1.807, 2.05) is 9.95 Å². The third kappa shape index (κ3) is 2.63. The Kier molecular flexibility index (Phi) is 3.50. The number of aromatic amines is 1. The fraction of sp³-hybridized carbons (Fsp3) is 0.500. The molecule has 1 saturated heterocycles. The van der Waals surface area contributed by atoms with Crippen molar-refractivity contribution in [2.45, 2.75) is 19.0 Å². The monoisotopic (exact) mass is 280 g/mol. The van der Waals surface area contributed by atoms with Gasteiger partial charge in [-0.1, -0.05) is 11.3 Å². The maximum atomic E-state index is 11.1. The van der Waals surface area contributed by atoms with E-state index < -0.39 is 0 Å². The van der Waals surface area contributed by atoms with Gasteiger partial charge in [0.15, 0.2) is 0 Å². The zero-order valence-electron chi connectivity index (χ0n) is 10.4. The Bertz CT molecular complexity index is 597. The maximum Gasteiger partial charge on any atom is 0.304 e. The third-order valence-corrected chi connectivity index (χ3v) is 4.19. The van der Waals surface area contributed by atoms with E-state index in [-0.39, 0.29) is 10.9 Å². The minimum Gasteiger partial charge on any atom is -0.381 e. The number of hydrogen-bond donors (Lipinski definition) is 2. The summed E-state index contributed by atoms with van der Waals surface area (Å²) in [5.41, 5.74) is 8.16. The molecule has 1 aliphatic heterocycles. The third-order valence-electron chi connectivity index (χ3n) is 3.47. The average Bonchev–Trinajstić information content (AvgIpc) is 3.10. The molecular formula is C12H16N4O2S. The SMILES string of the molecule is NC(c1cncn1Cc1csc(=O)[nH]1)C1CCOC1. The predicted octanol–water partition coefficient (Wildman–Crippen LogP) is 0.718. The second-order valence-corrected chi connectivity index (χ2v) is 5.61. The molecule has 3 heterocycles. The zero-order valence-corrected chi connectivity index (χ0v) is 11.2. The molecule has 3 rings (SSSR count). The molecule has 2 unspecified atom stereocenters. The van der Waals surface area contributed by atoms with E-state index >= 15 is 0 Å². The summed E-state index contributed by atoms with van der Waals surface area (Å²) in [4.78, 5) is 18.1. The van der Waals surface area contributed by atoms with Crippen molar-refractivity contribution in [2.24, 2.45) is 11.7 Å². The topological polar surface area (TPSA) is 85.9 Å². The van der Waals surface area contributed by atoms with Gasteiger partial charge in [0.05, 0.1) is 31.2 Å². The molecule has 1 aliphatic rings. The second-order valence-electron chi connectivity index (χ2n) is 4.77. The number of rotatable bonds is 4. The van der Waals surface area contributed by atoms with E-state index in [0.29, 0.717) is 19.1 Å². The maximum absolute atomic E-state index is 11.1. The second kappa shape index (κ2) is 5.28. The standard InChI is InChI=1S/C12H16N4O2S/c13-11(8-1-2-18-5-8)10-3-14-7-16(10)4-9-6-19-12(17)15-9/h3,6-8,11H,1-2,4-5,13H2,(H,15,17). The van der Waals surface area contributed by atoms with E-state index in [1.54, 1.807) is 12.5 Å². The number of ether oxygens (including phenoxy) is 1. The lowest BCUT2D eigenvalue weighted by molar-refractivity contribution is 0.180. The molecular weight excluding hydrogens is 264 g/mol. The summed E-state index contributed by atoms with van der Waals surface area (Å²) in [6, 6.07) is -0.0737. The van der Waals surface area contributed by atoms with E-state index in [1.165, 1.54) is 11.3 Å². The lowest BCUT2D eigenvalue weighted by Gasteiger charge is -2.19. The Morgan fingerprint density at radius 2 is 2.58 bits per heavy atom. The van der Waals surface area contributed by atoms with Crippen LogP contribution in [0.3, 0.4) is 0 Å². The molecule has 0 amide bonds. The van der Waals surface area contributed by atoms with Crippen LogP contribution in [0.4, 0.5) is 0 Å². The minimum absolute atomic E-state index is 0.0369. The molecule has 2 aromatic rings. The normalized spacial score (nSPS) is 20.8. The summed E-state index contributed by atoms with van der Waals surface area (Å²) in [6.45, 7) is 2.08. The zero-order chi connectivity index (χ0) is 13.2. The summed E-state index contributed by atoms with van der Waals surface area (Å²) in [5.74, 6) is 0.344. The van der Waals surface area contributed by atoms with Crippen LogP contribution in [0.2, 0.25) is 0 Å². The fourth-order valence-corrected chi connectivity index (χ4v) is 2.97. The summed E-state index contributed by atoms with van der Waals surface area (Å²) in [7, 11) is 0. The Hall–Kier alpha value is -1.44. The van der Waals surface area contributed by atoms with E-state index in [0.717, 1.165) is 24.4 Å². The first-order chi connectivity index (χ1) is 9.24. The fourth-order valence-electron chi connectivity index (χ4n) is 2.39. The van der Waals surface area contributed by atoms with Crippen molar-refractivity contribution in [1.29, 1.82) is 0 Å². The molecule has 3 N–H and O–H groups in total. The molecule has 0 radical (unpaired) electrons. The van der Waals surface area contributed by atoms with Gasteiger partial charge in [0, 0.05) is 29.8 Å². The van der Waals surface area contributed by atoms with Crippen LogP contribution in [0, 0.1) is 5.92 Å². The van der Waals surface area contributed by atoms with Crippen LogP contribution >= 0.6 is 11.3 Å². The summed E-state index contributed by atoms with van der Waals surface area (Å²) < 4.78 is 7.37. The lowest BCUT2D eigenvalue weighted by atomic mass is 9.97. The van der Waals surface area contributed by atoms with Gasteiger partial charge in [-0.25, -0.2) is 4.98 Å². The van der Waals surface area contributed by atoms with Crippen molar-refractivity contribution >= 4 is 11.3 Å². The molecule has 0 aromatic carbocycles. The van der Waals surface area contributed by atoms with Gasteiger partial charge in [-0.05, 0) is 6.42 Å². The number of nitrogens with two attached hydrogens (primary N) is 1. The average molecular weight is 280 g/mol. The van der Waals surface area contributed by atoms with Gasteiger partial charge in [-0.2, -0.15) is 0 Å². The molecule has 7 heteroatoms. The summed E-state index contributed by atoms with van der Waals surface area (Å²) in [6.07, 6.45) is 4.54. The lowest BCUT2D eigenvalue weighted by Crippen LogP contribution is -2.24. The van der Waals surface area contributed by atoms with Crippen molar-refractivity contribution in [1.82, 2.24) is 14.5 Å². The quantitative estimate of drug-likeness (QED) is 0.864. The molecule has 102 valence electrons. The molecule has 1 fully saturated rings. The Morgan fingerprint density at radius 3 is 3.26 bits per heavy atom. The number of nitrogens with one attached hydrogen (secondary N) is 1. The van der Waals surface area contributed by atoms with Crippen molar-refractivity contribution in [3.8, 4) is 0 Å². The van der Waals surface area contributed by atoms with Gasteiger partial charge in [0.1, 0.15) is 0 Å². The molecule has 0 saturated carbocycles. The van der Waals surface area contributed by atoms with Crippen molar-refractivity contribution in [3.63, 3.8) is 0 Å². The summed E-state index contributed by atoms with van der Waals surface area (Å²) in [5, 5.41) is 1.83. The van der Waals surface area contributed by atoms with Crippen molar-refractivity contribution < 1.29 is 4.74 Å². The number of hydrogen-bond acceptors (Lipinski definition) is 5. The highest BCUT2D eigenvalue weighted by Gasteiger charge is 2.26. The molecule has 2 atom stereocenters. The van der Waals surface area contributed by atoms with Gasteiger partial charge in [-0.3, -0.25) is 4.79 Å². The Labute approximate surface area is 114 Å². The van der Waals surface area contributed by atoms with Gasteiger partial charge in [-0.15, -0.1) is 0 Å².